The Hall–Kier alpha value is -2.57. The summed E-state index contributed by atoms with van der Waals surface area (Å²) in [6, 6.07) is 5.79. The number of aromatic nitrogens is 4. The zero-order valence-corrected chi connectivity index (χ0v) is 12.8. The van der Waals surface area contributed by atoms with Crippen LogP contribution in [0.15, 0.2) is 36.9 Å². The van der Waals surface area contributed by atoms with E-state index in [4.69, 9.17) is 4.74 Å². The molecule has 0 aliphatic heterocycles. The van der Waals surface area contributed by atoms with E-state index in [9.17, 15) is 4.79 Å². The average Bonchev–Trinajstić information content (AvgIpc) is 2.54. The molecule has 0 aliphatic carbocycles. The first kappa shape index (κ1) is 15.8. The zero-order chi connectivity index (χ0) is 15.8. The molecule has 2 aromatic rings. The van der Waals surface area contributed by atoms with Crippen LogP contribution in [0.1, 0.15) is 12.2 Å². The number of anilines is 1. The van der Waals surface area contributed by atoms with Gasteiger partial charge in [-0.15, -0.1) is 0 Å². The van der Waals surface area contributed by atoms with Crippen LogP contribution in [0.4, 0.5) is 5.95 Å². The van der Waals surface area contributed by atoms with E-state index < -0.39 is 0 Å². The quantitative estimate of drug-likeness (QED) is 0.544. The molecule has 2 heterocycles. The molecule has 0 spiro atoms. The first-order chi connectivity index (χ1) is 10.6. The van der Waals surface area contributed by atoms with E-state index in [2.05, 4.69) is 15.0 Å². The summed E-state index contributed by atoms with van der Waals surface area (Å²) in [5, 5.41) is 0. The van der Waals surface area contributed by atoms with Crippen LogP contribution in [-0.2, 0) is 22.5 Å². The minimum atomic E-state index is -0.224. The number of rotatable bonds is 7. The summed E-state index contributed by atoms with van der Waals surface area (Å²) >= 11 is 0. The van der Waals surface area contributed by atoms with Gasteiger partial charge >= 0.3 is 5.97 Å². The van der Waals surface area contributed by atoms with Gasteiger partial charge in [-0.1, -0.05) is 6.07 Å². The molecule has 0 atom stereocenters. The molecule has 0 fully saturated rings. The molecule has 0 bridgehead atoms. The fraction of sp³-hybridized carbons (Fsp3) is 0.400. The van der Waals surface area contributed by atoms with Crippen LogP contribution in [0, 0.1) is 0 Å². The van der Waals surface area contributed by atoms with Crippen LogP contribution in [0.2, 0.25) is 0 Å². The van der Waals surface area contributed by atoms with Crippen molar-refractivity contribution in [3.8, 4) is 0 Å². The molecule has 7 heteroatoms. The minimum absolute atomic E-state index is 0.224. The van der Waals surface area contributed by atoms with Gasteiger partial charge in [0, 0.05) is 32.6 Å². The molecule has 0 unspecified atom stereocenters. The summed E-state index contributed by atoms with van der Waals surface area (Å²) < 4.78 is 7.14. The highest BCUT2D eigenvalue weighted by Gasteiger charge is 2.08. The van der Waals surface area contributed by atoms with Gasteiger partial charge in [-0.05, 0) is 0 Å². The summed E-state index contributed by atoms with van der Waals surface area (Å²) in [6.45, 7) is 0.880. The second kappa shape index (κ2) is 8.02. The number of aryl methyl sites for hydroxylation is 1. The summed E-state index contributed by atoms with van der Waals surface area (Å²) in [6.07, 6.45) is 6.12. The number of ether oxygens (including phenoxy) is 1. The van der Waals surface area contributed by atoms with Gasteiger partial charge in [0.2, 0.25) is 5.95 Å². The van der Waals surface area contributed by atoms with Crippen molar-refractivity contribution in [1.29, 1.82) is 0 Å². The molecule has 0 saturated carbocycles. The van der Waals surface area contributed by atoms with Gasteiger partial charge in [0.15, 0.2) is 18.9 Å². The molecule has 0 saturated heterocycles. The monoisotopic (exact) mass is 302 g/mol. The second-order valence-electron chi connectivity index (χ2n) is 4.93. The van der Waals surface area contributed by atoms with Gasteiger partial charge in [0.05, 0.1) is 6.61 Å². The Morgan fingerprint density at radius 1 is 1.23 bits per heavy atom. The summed E-state index contributed by atoms with van der Waals surface area (Å²) in [7, 11) is 3.72. The molecule has 2 aromatic heterocycles. The Labute approximate surface area is 129 Å². The first-order valence-corrected chi connectivity index (χ1v) is 7.10. The van der Waals surface area contributed by atoms with Crippen molar-refractivity contribution in [3.05, 3.63) is 42.7 Å². The number of pyridine rings is 1. The van der Waals surface area contributed by atoms with Gasteiger partial charge in [-0.25, -0.2) is 14.5 Å². The standard InChI is InChI=1S/C15H20N5O2/c1-19(2)15-17-12-16-13(18-15)7-11-22-14(21)6-10-20-8-4-3-5-9-20/h3-5,8-9,12H,6-7,10-11H2,1-2H3/q+1. The van der Waals surface area contributed by atoms with Crippen LogP contribution < -0.4 is 9.47 Å². The lowest BCUT2D eigenvalue weighted by Crippen LogP contribution is -2.33. The van der Waals surface area contributed by atoms with Crippen LogP contribution in [0.5, 0.6) is 0 Å². The summed E-state index contributed by atoms with van der Waals surface area (Å²) in [4.78, 5) is 25.9. The molecular weight excluding hydrogens is 282 g/mol. The Kier molecular flexibility index (Phi) is 5.76. The third-order valence-corrected chi connectivity index (χ3v) is 2.95. The van der Waals surface area contributed by atoms with Crippen molar-refractivity contribution in [2.45, 2.75) is 19.4 Å². The summed E-state index contributed by atoms with van der Waals surface area (Å²) in [5.74, 6) is 0.985. The number of nitrogens with zero attached hydrogens (tertiary/aromatic N) is 5. The lowest BCUT2D eigenvalue weighted by Gasteiger charge is -2.10. The van der Waals surface area contributed by atoms with E-state index in [1.54, 1.807) is 4.90 Å². The zero-order valence-electron chi connectivity index (χ0n) is 12.8. The van der Waals surface area contributed by atoms with E-state index in [1.165, 1.54) is 6.33 Å². The molecule has 2 rings (SSSR count). The van der Waals surface area contributed by atoms with Crippen molar-refractivity contribution < 1.29 is 14.1 Å². The highest BCUT2D eigenvalue weighted by molar-refractivity contribution is 5.69. The molecule has 22 heavy (non-hydrogen) atoms. The number of hydrogen-bond donors (Lipinski definition) is 0. The van der Waals surface area contributed by atoms with Crippen LogP contribution >= 0.6 is 0 Å². The van der Waals surface area contributed by atoms with E-state index in [1.807, 2.05) is 49.3 Å². The highest BCUT2D eigenvalue weighted by atomic mass is 16.5. The van der Waals surface area contributed by atoms with Crippen molar-refractivity contribution in [2.75, 3.05) is 25.6 Å². The van der Waals surface area contributed by atoms with E-state index in [0.717, 1.165) is 0 Å². The van der Waals surface area contributed by atoms with Crippen molar-refractivity contribution in [1.82, 2.24) is 15.0 Å². The van der Waals surface area contributed by atoms with Crippen molar-refractivity contribution in [3.63, 3.8) is 0 Å². The van der Waals surface area contributed by atoms with Crippen LogP contribution in [0.3, 0.4) is 0 Å². The highest BCUT2D eigenvalue weighted by Crippen LogP contribution is 2.01. The van der Waals surface area contributed by atoms with Crippen LogP contribution in [-0.4, -0.2) is 41.6 Å². The van der Waals surface area contributed by atoms with Crippen molar-refractivity contribution >= 4 is 11.9 Å². The van der Waals surface area contributed by atoms with E-state index >= 15 is 0 Å². The molecule has 0 radical (unpaired) electrons. The predicted molar refractivity (Wildman–Crippen MR) is 80.1 cm³/mol. The molecule has 0 aliphatic rings. The van der Waals surface area contributed by atoms with Crippen molar-refractivity contribution in [2.24, 2.45) is 0 Å². The fourth-order valence-corrected chi connectivity index (χ4v) is 1.79. The fourth-order valence-electron chi connectivity index (χ4n) is 1.79. The summed E-state index contributed by atoms with van der Waals surface area (Å²) in [5.41, 5.74) is 0. The first-order valence-electron chi connectivity index (χ1n) is 7.10. The molecule has 0 aromatic carbocycles. The Morgan fingerprint density at radius 2 is 2.00 bits per heavy atom. The van der Waals surface area contributed by atoms with E-state index in [0.29, 0.717) is 31.2 Å². The molecule has 0 N–H and O–H groups in total. The SMILES string of the molecule is CN(C)c1ncnc(CCOC(=O)CC[n+]2ccccc2)n1. The minimum Gasteiger partial charge on any atom is -0.465 e. The smallest absolute Gasteiger partial charge is 0.312 e. The molecular formula is C15H20N5O2+. The average molecular weight is 302 g/mol. The number of carbonyl (C=O) groups excluding carboxylic acids is 1. The molecule has 116 valence electrons. The van der Waals surface area contributed by atoms with Crippen LogP contribution in [0.25, 0.3) is 0 Å². The maximum absolute atomic E-state index is 11.7. The lowest BCUT2D eigenvalue weighted by atomic mass is 10.4. The number of carbonyl (C=O) groups is 1. The Morgan fingerprint density at radius 3 is 2.73 bits per heavy atom. The largest absolute Gasteiger partial charge is 0.465 e. The maximum atomic E-state index is 11.7. The Bertz CT molecular complexity index is 604. The predicted octanol–water partition coefficient (Wildman–Crippen LogP) is 0.401. The van der Waals surface area contributed by atoms with Gasteiger partial charge in [-0.3, -0.25) is 4.79 Å². The molecule has 0 amide bonds. The third kappa shape index (κ3) is 5.08. The second-order valence-corrected chi connectivity index (χ2v) is 4.93. The third-order valence-electron chi connectivity index (χ3n) is 2.95. The van der Waals surface area contributed by atoms with Gasteiger partial charge in [0.25, 0.3) is 0 Å². The maximum Gasteiger partial charge on any atom is 0.312 e. The normalized spacial score (nSPS) is 10.3. The van der Waals surface area contributed by atoms with Gasteiger partial charge in [-0.2, -0.15) is 4.98 Å². The number of hydrogen-bond acceptors (Lipinski definition) is 6. The molecule has 7 nitrogen and oxygen atoms in total. The Balaban J connectivity index is 1.72. The van der Waals surface area contributed by atoms with Gasteiger partial charge < -0.3 is 9.64 Å². The topological polar surface area (TPSA) is 72.1 Å². The van der Waals surface area contributed by atoms with Gasteiger partial charge in [0.1, 0.15) is 18.6 Å². The number of esters is 1. The van der Waals surface area contributed by atoms with E-state index in [-0.39, 0.29) is 12.6 Å². The lowest BCUT2D eigenvalue weighted by molar-refractivity contribution is -0.696.